The van der Waals surface area contributed by atoms with Crippen LogP contribution in [0.5, 0.6) is 0 Å². The second-order valence-corrected chi connectivity index (χ2v) is 5.81. The minimum absolute atomic E-state index is 0.419. The van der Waals surface area contributed by atoms with Gasteiger partial charge in [-0.1, -0.05) is 42.0 Å². The Morgan fingerprint density at radius 1 is 1.15 bits per heavy atom. The highest BCUT2D eigenvalue weighted by Gasteiger charge is 2.33. The molecule has 0 radical (unpaired) electrons. The normalized spacial score (nSPS) is 13.6. The van der Waals surface area contributed by atoms with Gasteiger partial charge in [0.1, 0.15) is 5.54 Å². The summed E-state index contributed by atoms with van der Waals surface area (Å²) in [6.07, 6.45) is 0. The molecule has 0 aliphatic rings. The maximum absolute atomic E-state index is 12.0. The third kappa shape index (κ3) is 2.85. The summed E-state index contributed by atoms with van der Waals surface area (Å²) in [7, 11) is 0. The molecule has 3 N–H and O–H groups in total. The maximum atomic E-state index is 12.0. The molecule has 1 amide bonds. The average molecular weight is 333 g/mol. The van der Waals surface area contributed by atoms with Crippen LogP contribution in [0.2, 0.25) is 0 Å². The van der Waals surface area contributed by atoms with E-state index in [0.717, 1.165) is 21.3 Å². The molecular formula is C16H17BrN2O. The van der Waals surface area contributed by atoms with E-state index in [2.05, 4.69) is 21.2 Å². The molecule has 20 heavy (non-hydrogen) atoms. The van der Waals surface area contributed by atoms with E-state index >= 15 is 0 Å². The zero-order chi connectivity index (χ0) is 14.8. The molecule has 0 aliphatic heterocycles. The van der Waals surface area contributed by atoms with Crippen LogP contribution in [0.15, 0.2) is 53.0 Å². The van der Waals surface area contributed by atoms with Gasteiger partial charge in [-0.2, -0.15) is 0 Å². The number of halogens is 1. The molecule has 0 aliphatic carbocycles. The van der Waals surface area contributed by atoms with Crippen LogP contribution in [-0.2, 0) is 10.3 Å². The lowest BCUT2D eigenvalue weighted by Gasteiger charge is -2.29. The number of amides is 1. The van der Waals surface area contributed by atoms with Crippen molar-refractivity contribution >= 4 is 27.5 Å². The van der Waals surface area contributed by atoms with Crippen LogP contribution in [0.4, 0.5) is 5.69 Å². The summed E-state index contributed by atoms with van der Waals surface area (Å²) in [6.45, 7) is 3.80. The molecule has 0 bridgehead atoms. The largest absolute Gasteiger partial charge is 0.367 e. The zero-order valence-electron chi connectivity index (χ0n) is 11.5. The molecule has 1 unspecified atom stereocenters. The van der Waals surface area contributed by atoms with Crippen LogP contribution in [0.25, 0.3) is 0 Å². The summed E-state index contributed by atoms with van der Waals surface area (Å²) in [5.74, 6) is -0.419. The predicted octanol–water partition coefficient (Wildman–Crippen LogP) is 3.57. The van der Waals surface area contributed by atoms with E-state index in [4.69, 9.17) is 5.73 Å². The lowest BCUT2D eigenvalue weighted by molar-refractivity contribution is -0.122. The number of primary amides is 1. The Labute approximate surface area is 127 Å². The Morgan fingerprint density at radius 2 is 1.75 bits per heavy atom. The highest BCUT2D eigenvalue weighted by atomic mass is 79.9. The molecule has 2 aromatic carbocycles. The number of carbonyl (C=O) groups excluding carboxylic acids is 1. The van der Waals surface area contributed by atoms with Crippen LogP contribution < -0.4 is 11.1 Å². The fourth-order valence-electron chi connectivity index (χ4n) is 1.99. The SMILES string of the molecule is Cc1ccc(C(C)(Nc2ccccc2Br)C(N)=O)cc1. The number of nitrogens with two attached hydrogens (primary N) is 1. The van der Waals surface area contributed by atoms with E-state index in [0.29, 0.717) is 0 Å². The van der Waals surface area contributed by atoms with Crippen molar-refractivity contribution in [2.45, 2.75) is 19.4 Å². The van der Waals surface area contributed by atoms with Gasteiger partial charge in [0.25, 0.3) is 0 Å². The molecule has 2 rings (SSSR count). The van der Waals surface area contributed by atoms with Crippen LogP contribution in [0, 0.1) is 6.92 Å². The van der Waals surface area contributed by atoms with E-state index in [9.17, 15) is 4.79 Å². The van der Waals surface area contributed by atoms with Crippen molar-refractivity contribution in [3.05, 3.63) is 64.1 Å². The quantitative estimate of drug-likeness (QED) is 0.899. The first kappa shape index (κ1) is 14.6. The number of para-hydroxylation sites is 1. The van der Waals surface area contributed by atoms with Crippen molar-refractivity contribution in [1.82, 2.24) is 0 Å². The molecular weight excluding hydrogens is 316 g/mol. The monoisotopic (exact) mass is 332 g/mol. The summed E-state index contributed by atoms with van der Waals surface area (Å²) >= 11 is 3.47. The lowest BCUT2D eigenvalue weighted by Crippen LogP contribution is -2.45. The summed E-state index contributed by atoms with van der Waals surface area (Å²) in [5.41, 5.74) is 7.47. The number of hydrogen-bond acceptors (Lipinski definition) is 2. The molecule has 0 spiro atoms. The number of rotatable bonds is 4. The summed E-state index contributed by atoms with van der Waals surface area (Å²) < 4.78 is 0.889. The first-order valence-electron chi connectivity index (χ1n) is 6.33. The minimum Gasteiger partial charge on any atom is -0.367 e. The average Bonchev–Trinajstić information content (AvgIpc) is 2.42. The van der Waals surface area contributed by atoms with Gasteiger partial charge in [0.2, 0.25) is 5.91 Å². The molecule has 0 aromatic heterocycles. The Morgan fingerprint density at radius 3 is 2.30 bits per heavy atom. The Balaban J connectivity index is 2.43. The Bertz CT molecular complexity index is 625. The Hall–Kier alpha value is -1.81. The van der Waals surface area contributed by atoms with Crippen molar-refractivity contribution in [1.29, 1.82) is 0 Å². The van der Waals surface area contributed by atoms with Gasteiger partial charge in [-0.3, -0.25) is 4.79 Å². The smallest absolute Gasteiger partial charge is 0.247 e. The third-order valence-corrected chi connectivity index (χ3v) is 4.07. The van der Waals surface area contributed by atoms with Crippen molar-refractivity contribution < 1.29 is 4.79 Å². The first-order valence-corrected chi connectivity index (χ1v) is 7.12. The van der Waals surface area contributed by atoms with E-state index in [1.54, 1.807) is 6.92 Å². The zero-order valence-corrected chi connectivity index (χ0v) is 13.1. The number of nitrogens with one attached hydrogen (secondary N) is 1. The highest BCUT2D eigenvalue weighted by Crippen LogP contribution is 2.30. The number of anilines is 1. The van der Waals surface area contributed by atoms with E-state index in [1.807, 2.05) is 55.5 Å². The predicted molar refractivity (Wildman–Crippen MR) is 85.5 cm³/mol. The van der Waals surface area contributed by atoms with Gasteiger partial charge in [-0.15, -0.1) is 0 Å². The molecule has 0 heterocycles. The van der Waals surface area contributed by atoms with Crippen LogP contribution >= 0.6 is 15.9 Å². The van der Waals surface area contributed by atoms with Gasteiger partial charge in [0.05, 0.1) is 0 Å². The number of carbonyl (C=O) groups is 1. The highest BCUT2D eigenvalue weighted by molar-refractivity contribution is 9.10. The standard InChI is InChI=1S/C16H17BrN2O/c1-11-7-9-12(10-8-11)16(2,15(18)20)19-14-6-4-3-5-13(14)17/h3-10,19H,1-2H3,(H2,18,20). The minimum atomic E-state index is -0.961. The van der Waals surface area contributed by atoms with E-state index in [-0.39, 0.29) is 0 Å². The molecule has 3 nitrogen and oxygen atoms in total. The number of hydrogen-bond donors (Lipinski definition) is 2. The van der Waals surface area contributed by atoms with Crippen molar-refractivity contribution in [3.63, 3.8) is 0 Å². The van der Waals surface area contributed by atoms with Crippen LogP contribution in [0.3, 0.4) is 0 Å². The van der Waals surface area contributed by atoms with Crippen LogP contribution in [0.1, 0.15) is 18.1 Å². The third-order valence-electron chi connectivity index (χ3n) is 3.38. The van der Waals surface area contributed by atoms with Crippen molar-refractivity contribution in [3.8, 4) is 0 Å². The number of aryl methyl sites for hydroxylation is 1. The fraction of sp³-hybridized carbons (Fsp3) is 0.188. The van der Waals surface area contributed by atoms with Crippen molar-refractivity contribution in [2.75, 3.05) is 5.32 Å². The van der Waals surface area contributed by atoms with Gasteiger partial charge < -0.3 is 11.1 Å². The molecule has 0 saturated carbocycles. The molecule has 0 saturated heterocycles. The van der Waals surface area contributed by atoms with E-state index in [1.165, 1.54) is 0 Å². The fourth-order valence-corrected chi connectivity index (χ4v) is 2.38. The summed E-state index contributed by atoms with van der Waals surface area (Å²) in [6, 6.07) is 15.4. The molecule has 2 aromatic rings. The van der Waals surface area contributed by atoms with Crippen molar-refractivity contribution in [2.24, 2.45) is 5.73 Å². The molecule has 4 heteroatoms. The first-order chi connectivity index (χ1) is 9.43. The second-order valence-electron chi connectivity index (χ2n) is 4.96. The second kappa shape index (κ2) is 5.67. The lowest BCUT2D eigenvalue weighted by atomic mass is 9.90. The van der Waals surface area contributed by atoms with Crippen LogP contribution in [-0.4, -0.2) is 5.91 Å². The Kier molecular flexibility index (Phi) is 4.14. The molecule has 0 fully saturated rings. The van der Waals surface area contributed by atoms with Gasteiger partial charge >= 0.3 is 0 Å². The van der Waals surface area contributed by atoms with Gasteiger partial charge in [0, 0.05) is 10.2 Å². The van der Waals surface area contributed by atoms with E-state index < -0.39 is 11.4 Å². The molecule has 104 valence electrons. The van der Waals surface area contributed by atoms with Gasteiger partial charge in [0.15, 0.2) is 0 Å². The summed E-state index contributed by atoms with van der Waals surface area (Å²) in [5, 5.41) is 3.24. The summed E-state index contributed by atoms with van der Waals surface area (Å²) in [4.78, 5) is 12.0. The van der Waals surface area contributed by atoms with Gasteiger partial charge in [-0.25, -0.2) is 0 Å². The topological polar surface area (TPSA) is 55.1 Å². The molecule has 1 atom stereocenters. The number of benzene rings is 2. The maximum Gasteiger partial charge on any atom is 0.247 e. The van der Waals surface area contributed by atoms with Gasteiger partial charge in [-0.05, 0) is 47.5 Å².